The predicted octanol–water partition coefficient (Wildman–Crippen LogP) is 8.42. The average molecular weight is 504 g/mol. The van der Waals surface area contributed by atoms with Crippen LogP contribution in [0.4, 0.5) is 0 Å². The van der Waals surface area contributed by atoms with E-state index in [-0.39, 0.29) is 18.1 Å². The molecule has 0 saturated carbocycles. The van der Waals surface area contributed by atoms with Crippen LogP contribution in [0.15, 0.2) is 114 Å². The molecule has 0 N–H and O–H groups in total. The molecule has 5 aromatic rings. The Morgan fingerprint density at radius 1 is 0.765 bits per heavy atom. The van der Waals surface area contributed by atoms with Gasteiger partial charge in [-0.2, -0.15) is 5.26 Å². The highest BCUT2D eigenvalue weighted by Crippen LogP contribution is 2.39. The van der Waals surface area contributed by atoms with Crippen LogP contribution in [0.3, 0.4) is 0 Å². The smallest absolute Gasteiger partial charge is 0.163 e. The van der Waals surface area contributed by atoms with Crippen molar-refractivity contribution in [2.75, 3.05) is 0 Å². The highest BCUT2D eigenvalue weighted by atomic mass is 79.9. The van der Waals surface area contributed by atoms with Gasteiger partial charge in [-0.15, -0.1) is 0 Å². The Labute approximate surface area is 207 Å². The topological polar surface area (TPSA) is 40.9 Å². The molecule has 3 heteroatoms. The first kappa shape index (κ1) is 22.1. The molecule has 164 valence electrons. The van der Waals surface area contributed by atoms with Crippen molar-refractivity contribution in [1.29, 1.82) is 5.26 Å². The summed E-state index contributed by atoms with van der Waals surface area (Å²) in [6.07, 6.45) is 0.251. The van der Waals surface area contributed by atoms with Gasteiger partial charge in [-0.05, 0) is 50.9 Å². The summed E-state index contributed by atoms with van der Waals surface area (Å²) in [5.74, 6) is -0.696. The van der Waals surface area contributed by atoms with Crippen molar-refractivity contribution in [3.63, 3.8) is 0 Å². The van der Waals surface area contributed by atoms with Gasteiger partial charge in [0.15, 0.2) is 5.78 Å². The Kier molecular flexibility index (Phi) is 6.25. The molecule has 0 aliphatic heterocycles. The first-order chi connectivity index (χ1) is 16.6. The fourth-order valence-corrected chi connectivity index (χ4v) is 4.98. The minimum Gasteiger partial charge on any atom is -0.294 e. The molecule has 2 atom stereocenters. The molecule has 2 nitrogen and oxygen atoms in total. The molecule has 0 bridgehead atoms. The molecule has 0 amide bonds. The van der Waals surface area contributed by atoms with Crippen molar-refractivity contribution >= 4 is 43.3 Å². The summed E-state index contributed by atoms with van der Waals surface area (Å²) in [4.78, 5) is 13.5. The molecule has 5 rings (SSSR count). The number of halogens is 1. The third kappa shape index (κ3) is 4.38. The van der Waals surface area contributed by atoms with E-state index in [9.17, 15) is 10.1 Å². The predicted molar refractivity (Wildman–Crippen MR) is 142 cm³/mol. The first-order valence-electron chi connectivity index (χ1n) is 11.3. The van der Waals surface area contributed by atoms with Crippen LogP contribution in [0.2, 0.25) is 0 Å². The SMILES string of the molecule is N#C[C@@H](c1cccc2ccccc12)[C@H](CC(=O)c1ccc2ccccc2c1)c1ccc(Br)cc1. The van der Waals surface area contributed by atoms with Crippen LogP contribution in [-0.2, 0) is 0 Å². The Morgan fingerprint density at radius 2 is 1.44 bits per heavy atom. The maximum atomic E-state index is 13.5. The van der Waals surface area contributed by atoms with Crippen LogP contribution in [0.25, 0.3) is 21.5 Å². The molecule has 34 heavy (non-hydrogen) atoms. The number of hydrogen-bond donors (Lipinski definition) is 0. The second-order valence-corrected chi connectivity index (χ2v) is 9.44. The van der Waals surface area contributed by atoms with E-state index in [1.54, 1.807) is 0 Å². The molecule has 0 spiro atoms. The highest BCUT2D eigenvalue weighted by Gasteiger charge is 2.29. The summed E-state index contributed by atoms with van der Waals surface area (Å²) in [5.41, 5.74) is 2.62. The summed E-state index contributed by atoms with van der Waals surface area (Å²) in [6, 6.07) is 38.6. The monoisotopic (exact) mass is 503 g/mol. The number of fused-ring (bicyclic) bond motifs is 2. The zero-order valence-corrected chi connectivity index (χ0v) is 20.1. The average Bonchev–Trinajstić information content (AvgIpc) is 2.89. The van der Waals surface area contributed by atoms with Gasteiger partial charge in [0.25, 0.3) is 0 Å². The maximum absolute atomic E-state index is 13.5. The number of nitrogens with zero attached hydrogens (tertiary/aromatic N) is 1. The summed E-state index contributed by atoms with van der Waals surface area (Å²) >= 11 is 3.50. The van der Waals surface area contributed by atoms with Crippen LogP contribution in [0.1, 0.15) is 39.7 Å². The van der Waals surface area contributed by atoms with Crippen molar-refractivity contribution in [2.24, 2.45) is 0 Å². The molecule has 0 unspecified atom stereocenters. The van der Waals surface area contributed by atoms with Crippen molar-refractivity contribution in [3.05, 3.63) is 130 Å². The largest absolute Gasteiger partial charge is 0.294 e. The molecular formula is C31H22BrNO. The third-order valence-electron chi connectivity index (χ3n) is 6.47. The standard InChI is InChI=1S/C31H22BrNO/c32-26-16-14-23(15-17-26)29(19-31(34)25-13-12-21-6-1-2-8-24(21)18-25)30(20-33)28-11-5-9-22-7-3-4-10-27(22)28/h1-18,29-30H,19H2/t29-,30+/m1/s1. The lowest BCUT2D eigenvalue weighted by atomic mass is 9.77. The molecule has 0 heterocycles. The van der Waals surface area contributed by atoms with Gasteiger partial charge in [0.1, 0.15) is 0 Å². The molecule has 0 radical (unpaired) electrons. The fraction of sp³-hybridized carbons (Fsp3) is 0.0968. The molecule has 5 aromatic carbocycles. The quantitative estimate of drug-likeness (QED) is 0.218. The number of carbonyl (C=O) groups is 1. The van der Waals surface area contributed by atoms with Crippen LogP contribution in [0, 0.1) is 11.3 Å². The number of carbonyl (C=O) groups excluding carboxylic acids is 1. The Hall–Kier alpha value is -3.74. The Balaban J connectivity index is 1.57. The summed E-state index contributed by atoms with van der Waals surface area (Å²) < 4.78 is 0.967. The van der Waals surface area contributed by atoms with E-state index in [2.05, 4.69) is 40.2 Å². The lowest BCUT2D eigenvalue weighted by Crippen LogP contribution is -2.15. The Bertz CT molecular complexity index is 1530. The number of rotatable bonds is 6. The number of ketones is 1. The normalized spacial score (nSPS) is 12.8. The van der Waals surface area contributed by atoms with Crippen LogP contribution < -0.4 is 0 Å². The number of Topliss-reactive ketones (excluding diaryl/α,β-unsaturated/α-hetero) is 1. The second-order valence-electron chi connectivity index (χ2n) is 8.52. The molecule has 0 fully saturated rings. The van der Waals surface area contributed by atoms with E-state index in [4.69, 9.17) is 0 Å². The minimum atomic E-state index is -0.461. The molecule has 0 aromatic heterocycles. The molecule has 0 aliphatic rings. The van der Waals surface area contributed by atoms with Gasteiger partial charge in [0.05, 0.1) is 12.0 Å². The van der Waals surface area contributed by atoms with Crippen molar-refractivity contribution in [1.82, 2.24) is 0 Å². The minimum absolute atomic E-state index is 0.0409. The van der Waals surface area contributed by atoms with Gasteiger partial charge >= 0.3 is 0 Å². The van der Waals surface area contributed by atoms with E-state index in [1.807, 2.05) is 91.0 Å². The zero-order chi connectivity index (χ0) is 23.5. The molecular weight excluding hydrogens is 482 g/mol. The van der Waals surface area contributed by atoms with Crippen molar-refractivity contribution in [2.45, 2.75) is 18.3 Å². The summed E-state index contributed by atoms with van der Waals surface area (Å²) in [7, 11) is 0. The van der Waals surface area contributed by atoms with Crippen molar-refractivity contribution < 1.29 is 4.79 Å². The van der Waals surface area contributed by atoms with E-state index >= 15 is 0 Å². The van der Waals surface area contributed by atoms with Gasteiger partial charge in [0.2, 0.25) is 0 Å². The number of benzene rings is 5. The number of nitriles is 1. The van der Waals surface area contributed by atoms with E-state index in [0.717, 1.165) is 37.1 Å². The lowest BCUT2D eigenvalue weighted by Gasteiger charge is -2.24. The van der Waals surface area contributed by atoms with Crippen LogP contribution in [-0.4, -0.2) is 5.78 Å². The van der Waals surface area contributed by atoms with E-state index < -0.39 is 5.92 Å². The second kappa shape index (κ2) is 9.63. The summed E-state index contributed by atoms with van der Waals surface area (Å²) in [5, 5.41) is 14.7. The maximum Gasteiger partial charge on any atom is 0.163 e. The summed E-state index contributed by atoms with van der Waals surface area (Å²) in [6.45, 7) is 0. The van der Waals surface area contributed by atoms with E-state index in [1.165, 1.54) is 0 Å². The van der Waals surface area contributed by atoms with Gasteiger partial charge in [-0.3, -0.25) is 4.79 Å². The van der Waals surface area contributed by atoms with E-state index in [0.29, 0.717) is 5.56 Å². The van der Waals surface area contributed by atoms with Crippen LogP contribution in [0.5, 0.6) is 0 Å². The van der Waals surface area contributed by atoms with Gasteiger partial charge in [-0.25, -0.2) is 0 Å². The number of hydrogen-bond acceptors (Lipinski definition) is 2. The fourth-order valence-electron chi connectivity index (χ4n) is 4.72. The van der Waals surface area contributed by atoms with Crippen LogP contribution >= 0.6 is 15.9 Å². The lowest BCUT2D eigenvalue weighted by molar-refractivity contribution is 0.0972. The zero-order valence-electron chi connectivity index (χ0n) is 18.5. The Morgan fingerprint density at radius 3 is 2.21 bits per heavy atom. The van der Waals surface area contributed by atoms with Gasteiger partial charge in [-0.1, -0.05) is 107 Å². The van der Waals surface area contributed by atoms with Gasteiger partial charge < -0.3 is 0 Å². The molecule has 0 saturated heterocycles. The van der Waals surface area contributed by atoms with Crippen molar-refractivity contribution in [3.8, 4) is 6.07 Å². The highest BCUT2D eigenvalue weighted by molar-refractivity contribution is 9.10. The third-order valence-corrected chi connectivity index (χ3v) is 7.00. The first-order valence-corrected chi connectivity index (χ1v) is 12.1. The molecule has 0 aliphatic carbocycles. The van der Waals surface area contributed by atoms with Gasteiger partial charge in [0, 0.05) is 22.4 Å².